The van der Waals surface area contributed by atoms with Gasteiger partial charge in [0.2, 0.25) is 5.91 Å². The minimum absolute atomic E-state index is 0.105. The Morgan fingerprint density at radius 3 is 2.73 bits per heavy atom. The van der Waals surface area contributed by atoms with Gasteiger partial charge in [0.15, 0.2) is 0 Å². The van der Waals surface area contributed by atoms with Crippen molar-refractivity contribution in [2.45, 2.75) is 46.3 Å². The predicted molar refractivity (Wildman–Crippen MR) is 104 cm³/mol. The third kappa shape index (κ3) is 4.10. The van der Waals surface area contributed by atoms with Crippen LogP contribution in [-0.2, 0) is 11.2 Å². The molecule has 2 aromatic carbocycles. The van der Waals surface area contributed by atoms with Crippen LogP contribution in [0.5, 0.6) is 11.5 Å². The largest absolute Gasteiger partial charge is 0.492 e. The van der Waals surface area contributed by atoms with Crippen LogP contribution < -0.4 is 20.1 Å². The first kappa shape index (κ1) is 18.1. The molecular weight excluding hydrogens is 328 g/mol. The molecule has 1 aliphatic heterocycles. The van der Waals surface area contributed by atoms with E-state index in [2.05, 4.69) is 10.6 Å². The van der Waals surface area contributed by atoms with Gasteiger partial charge in [-0.2, -0.15) is 0 Å². The summed E-state index contributed by atoms with van der Waals surface area (Å²) in [5.74, 6) is 1.50. The van der Waals surface area contributed by atoms with Gasteiger partial charge in [-0.15, -0.1) is 0 Å². The number of anilines is 2. The molecule has 2 atom stereocenters. The summed E-state index contributed by atoms with van der Waals surface area (Å²) in [7, 11) is 0. The highest BCUT2D eigenvalue weighted by Crippen LogP contribution is 2.38. The van der Waals surface area contributed by atoms with E-state index in [-0.39, 0.29) is 12.0 Å². The second-order valence-electron chi connectivity index (χ2n) is 6.74. The molecule has 0 saturated heterocycles. The molecule has 5 nitrogen and oxygen atoms in total. The van der Waals surface area contributed by atoms with Gasteiger partial charge in [-0.3, -0.25) is 4.79 Å². The van der Waals surface area contributed by atoms with Crippen LogP contribution in [-0.4, -0.2) is 24.7 Å². The van der Waals surface area contributed by atoms with Crippen LogP contribution in [0.15, 0.2) is 36.4 Å². The molecule has 3 rings (SSSR count). The predicted octanol–water partition coefficient (Wildman–Crippen LogP) is 4.16. The Morgan fingerprint density at radius 1 is 1.31 bits per heavy atom. The molecule has 2 aromatic rings. The maximum Gasteiger partial charge on any atom is 0.246 e. The van der Waals surface area contributed by atoms with Gasteiger partial charge >= 0.3 is 0 Å². The SMILES string of the molecule is CCOc1cc2c(cc1N[C@@H](C)C(=O)Nc1ccc(C)cc1)O[C@@H](C)C2. The molecule has 1 aliphatic rings. The van der Waals surface area contributed by atoms with Gasteiger partial charge in [-0.25, -0.2) is 0 Å². The standard InChI is InChI=1S/C21H26N2O3/c1-5-25-20-11-16-10-14(3)26-19(16)12-18(20)22-15(4)21(24)23-17-8-6-13(2)7-9-17/h6-9,11-12,14-15,22H,5,10H2,1-4H3,(H,23,24)/t14-,15-/m0/s1. The van der Waals surface area contributed by atoms with Gasteiger partial charge in [0.1, 0.15) is 23.6 Å². The molecule has 5 heteroatoms. The van der Waals surface area contributed by atoms with Crippen molar-refractivity contribution in [3.05, 3.63) is 47.5 Å². The van der Waals surface area contributed by atoms with Crippen molar-refractivity contribution in [2.24, 2.45) is 0 Å². The summed E-state index contributed by atoms with van der Waals surface area (Å²) in [6.45, 7) is 8.40. The molecule has 26 heavy (non-hydrogen) atoms. The molecule has 1 amide bonds. The highest BCUT2D eigenvalue weighted by Gasteiger charge is 2.23. The molecule has 0 saturated carbocycles. The quantitative estimate of drug-likeness (QED) is 0.818. The fraction of sp³-hybridized carbons (Fsp3) is 0.381. The fourth-order valence-corrected chi connectivity index (χ4v) is 3.01. The van der Waals surface area contributed by atoms with Crippen LogP contribution in [0.1, 0.15) is 31.9 Å². The lowest BCUT2D eigenvalue weighted by molar-refractivity contribution is -0.116. The monoisotopic (exact) mass is 354 g/mol. The first-order valence-corrected chi connectivity index (χ1v) is 9.06. The van der Waals surface area contributed by atoms with Gasteiger partial charge in [0, 0.05) is 23.7 Å². The Balaban J connectivity index is 1.73. The van der Waals surface area contributed by atoms with E-state index in [0.29, 0.717) is 6.61 Å². The fourth-order valence-electron chi connectivity index (χ4n) is 3.01. The van der Waals surface area contributed by atoms with Crippen LogP contribution in [0.2, 0.25) is 0 Å². The molecule has 0 aliphatic carbocycles. The molecular formula is C21H26N2O3. The van der Waals surface area contributed by atoms with Crippen LogP contribution in [0.25, 0.3) is 0 Å². The van der Waals surface area contributed by atoms with E-state index in [1.165, 1.54) is 0 Å². The minimum Gasteiger partial charge on any atom is -0.492 e. The number of aryl methyl sites for hydroxylation is 1. The van der Waals surface area contributed by atoms with Crippen molar-refractivity contribution in [2.75, 3.05) is 17.2 Å². The van der Waals surface area contributed by atoms with E-state index in [0.717, 1.165) is 40.4 Å². The summed E-state index contributed by atoms with van der Waals surface area (Å²) in [4.78, 5) is 12.5. The third-order valence-corrected chi connectivity index (χ3v) is 4.38. The van der Waals surface area contributed by atoms with Crippen LogP contribution in [0.3, 0.4) is 0 Å². The number of nitrogens with one attached hydrogen (secondary N) is 2. The Morgan fingerprint density at radius 2 is 2.04 bits per heavy atom. The lowest BCUT2D eigenvalue weighted by Gasteiger charge is -2.19. The zero-order valence-corrected chi connectivity index (χ0v) is 15.8. The minimum atomic E-state index is -0.424. The number of amides is 1. The second-order valence-corrected chi connectivity index (χ2v) is 6.74. The van der Waals surface area contributed by atoms with Crippen molar-refractivity contribution >= 4 is 17.3 Å². The van der Waals surface area contributed by atoms with E-state index >= 15 is 0 Å². The summed E-state index contributed by atoms with van der Waals surface area (Å²) in [5, 5.41) is 6.18. The topological polar surface area (TPSA) is 59.6 Å². The summed E-state index contributed by atoms with van der Waals surface area (Å²) < 4.78 is 11.6. The zero-order valence-electron chi connectivity index (χ0n) is 15.8. The molecule has 0 fully saturated rings. The average molecular weight is 354 g/mol. The first-order chi connectivity index (χ1) is 12.5. The van der Waals surface area contributed by atoms with Crippen molar-refractivity contribution in [3.63, 3.8) is 0 Å². The van der Waals surface area contributed by atoms with Gasteiger partial charge in [-0.05, 0) is 45.9 Å². The number of hydrogen-bond acceptors (Lipinski definition) is 4. The summed E-state index contributed by atoms with van der Waals surface area (Å²) in [6, 6.07) is 11.3. The molecule has 2 N–H and O–H groups in total. The Labute approximate surface area is 154 Å². The van der Waals surface area contributed by atoms with Crippen molar-refractivity contribution < 1.29 is 14.3 Å². The smallest absolute Gasteiger partial charge is 0.246 e. The lowest BCUT2D eigenvalue weighted by atomic mass is 10.1. The van der Waals surface area contributed by atoms with E-state index in [4.69, 9.17) is 9.47 Å². The zero-order chi connectivity index (χ0) is 18.7. The molecule has 0 bridgehead atoms. The maximum absolute atomic E-state index is 12.5. The number of carbonyl (C=O) groups is 1. The Hall–Kier alpha value is -2.69. The first-order valence-electron chi connectivity index (χ1n) is 9.06. The molecule has 0 spiro atoms. The van der Waals surface area contributed by atoms with Crippen LogP contribution >= 0.6 is 0 Å². The van der Waals surface area contributed by atoms with Crippen LogP contribution in [0, 0.1) is 6.92 Å². The van der Waals surface area contributed by atoms with Gasteiger partial charge in [0.05, 0.1) is 12.3 Å². The van der Waals surface area contributed by atoms with Crippen molar-refractivity contribution in [1.29, 1.82) is 0 Å². The average Bonchev–Trinajstić information content (AvgIpc) is 2.96. The summed E-state index contributed by atoms with van der Waals surface area (Å²) in [5.41, 5.74) is 3.85. The number of hydrogen-bond donors (Lipinski definition) is 2. The van der Waals surface area contributed by atoms with E-state index in [1.54, 1.807) is 0 Å². The maximum atomic E-state index is 12.5. The highest BCUT2D eigenvalue weighted by molar-refractivity contribution is 5.96. The van der Waals surface area contributed by atoms with Crippen molar-refractivity contribution in [3.8, 4) is 11.5 Å². The molecule has 0 aromatic heterocycles. The highest BCUT2D eigenvalue weighted by atomic mass is 16.5. The molecule has 0 unspecified atom stereocenters. The van der Waals surface area contributed by atoms with Crippen LogP contribution in [0.4, 0.5) is 11.4 Å². The summed E-state index contributed by atoms with van der Waals surface area (Å²) in [6.07, 6.45) is 1.04. The normalized spacial score (nSPS) is 16.4. The van der Waals surface area contributed by atoms with E-state index < -0.39 is 6.04 Å². The Bertz CT molecular complexity index is 787. The second kappa shape index (κ2) is 7.68. The molecule has 1 heterocycles. The van der Waals surface area contributed by atoms with Gasteiger partial charge < -0.3 is 20.1 Å². The Kier molecular flexibility index (Phi) is 5.35. The number of carbonyl (C=O) groups excluding carboxylic acids is 1. The van der Waals surface area contributed by atoms with Gasteiger partial charge in [0.25, 0.3) is 0 Å². The molecule has 0 radical (unpaired) electrons. The number of rotatable bonds is 6. The van der Waals surface area contributed by atoms with Crippen molar-refractivity contribution in [1.82, 2.24) is 0 Å². The third-order valence-electron chi connectivity index (χ3n) is 4.38. The summed E-state index contributed by atoms with van der Waals surface area (Å²) >= 11 is 0. The number of fused-ring (bicyclic) bond motifs is 1. The number of benzene rings is 2. The molecule has 138 valence electrons. The van der Waals surface area contributed by atoms with E-state index in [1.807, 2.05) is 64.1 Å². The van der Waals surface area contributed by atoms with E-state index in [9.17, 15) is 4.79 Å². The lowest BCUT2D eigenvalue weighted by Crippen LogP contribution is -2.32. The number of ether oxygens (including phenoxy) is 2. The van der Waals surface area contributed by atoms with Gasteiger partial charge in [-0.1, -0.05) is 17.7 Å².